The maximum atomic E-state index is 9.96. The first-order chi connectivity index (χ1) is 8.49. The number of rotatable bonds is 7. The summed E-state index contributed by atoms with van der Waals surface area (Å²) in [6, 6.07) is 8.11. The predicted molar refractivity (Wildman–Crippen MR) is 74.5 cm³/mol. The van der Waals surface area contributed by atoms with E-state index >= 15 is 0 Å². The summed E-state index contributed by atoms with van der Waals surface area (Å²) in [5, 5.41) is 22.1. The van der Waals surface area contributed by atoms with E-state index in [1.54, 1.807) is 6.92 Å². The molecule has 0 saturated heterocycles. The standard InChI is InChI=1S/C15H25NO2/c1-11(2)8-13-4-6-14(7-5-13)15(18)10-16-9-12(3)17/h4-7,11-12,15-18H,8-10H2,1-3H3. The molecule has 0 aliphatic heterocycles. The molecule has 18 heavy (non-hydrogen) atoms. The maximum Gasteiger partial charge on any atom is 0.0914 e. The van der Waals surface area contributed by atoms with E-state index in [-0.39, 0.29) is 6.10 Å². The number of aliphatic hydroxyl groups excluding tert-OH is 2. The number of hydrogen-bond acceptors (Lipinski definition) is 3. The Morgan fingerprint density at radius 1 is 1.00 bits per heavy atom. The van der Waals surface area contributed by atoms with Gasteiger partial charge in [-0.2, -0.15) is 0 Å². The zero-order chi connectivity index (χ0) is 13.5. The smallest absolute Gasteiger partial charge is 0.0914 e. The molecule has 3 nitrogen and oxygen atoms in total. The summed E-state index contributed by atoms with van der Waals surface area (Å²) >= 11 is 0. The minimum atomic E-state index is -0.517. The molecule has 0 fully saturated rings. The highest BCUT2D eigenvalue weighted by molar-refractivity contribution is 5.24. The fourth-order valence-electron chi connectivity index (χ4n) is 1.89. The van der Waals surface area contributed by atoms with Gasteiger partial charge in [0.15, 0.2) is 0 Å². The van der Waals surface area contributed by atoms with E-state index in [2.05, 4.69) is 31.3 Å². The molecule has 0 amide bonds. The monoisotopic (exact) mass is 251 g/mol. The molecular weight excluding hydrogens is 226 g/mol. The molecule has 0 spiro atoms. The highest BCUT2D eigenvalue weighted by atomic mass is 16.3. The van der Waals surface area contributed by atoms with Crippen molar-refractivity contribution < 1.29 is 10.2 Å². The lowest BCUT2D eigenvalue weighted by Crippen LogP contribution is -2.28. The second kappa shape index (κ2) is 7.52. The Bertz CT molecular complexity index is 333. The van der Waals surface area contributed by atoms with Crippen LogP contribution in [0.15, 0.2) is 24.3 Å². The van der Waals surface area contributed by atoms with Crippen molar-refractivity contribution >= 4 is 0 Å². The van der Waals surface area contributed by atoms with E-state index in [0.29, 0.717) is 19.0 Å². The zero-order valence-corrected chi connectivity index (χ0v) is 11.6. The van der Waals surface area contributed by atoms with Crippen molar-refractivity contribution in [2.24, 2.45) is 5.92 Å². The molecule has 0 aromatic heterocycles. The van der Waals surface area contributed by atoms with E-state index in [4.69, 9.17) is 5.11 Å². The molecule has 102 valence electrons. The quantitative estimate of drug-likeness (QED) is 0.693. The van der Waals surface area contributed by atoms with Crippen LogP contribution < -0.4 is 5.32 Å². The summed E-state index contributed by atoms with van der Waals surface area (Å²) in [5.74, 6) is 0.647. The summed E-state index contributed by atoms with van der Waals surface area (Å²) in [6.45, 7) is 7.09. The Morgan fingerprint density at radius 2 is 1.61 bits per heavy atom. The fourth-order valence-corrected chi connectivity index (χ4v) is 1.89. The van der Waals surface area contributed by atoms with E-state index in [1.165, 1.54) is 5.56 Å². The first-order valence-corrected chi connectivity index (χ1v) is 6.64. The lowest BCUT2D eigenvalue weighted by Gasteiger charge is -2.14. The SMILES string of the molecule is CC(C)Cc1ccc(C(O)CNCC(C)O)cc1. The molecule has 0 bridgehead atoms. The second-order valence-electron chi connectivity index (χ2n) is 5.36. The average molecular weight is 251 g/mol. The van der Waals surface area contributed by atoms with Gasteiger partial charge in [0.1, 0.15) is 0 Å². The van der Waals surface area contributed by atoms with Crippen molar-refractivity contribution in [1.82, 2.24) is 5.32 Å². The van der Waals surface area contributed by atoms with Gasteiger partial charge >= 0.3 is 0 Å². The normalized spacial score (nSPS) is 14.8. The Morgan fingerprint density at radius 3 is 2.11 bits per heavy atom. The van der Waals surface area contributed by atoms with Crippen LogP contribution in [0.2, 0.25) is 0 Å². The van der Waals surface area contributed by atoms with Crippen molar-refractivity contribution in [2.45, 2.75) is 39.4 Å². The van der Waals surface area contributed by atoms with Crippen molar-refractivity contribution in [3.63, 3.8) is 0 Å². The van der Waals surface area contributed by atoms with Gasteiger partial charge in [-0.05, 0) is 30.4 Å². The second-order valence-corrected chi connectivity index (χ2v) is 5.36. The third-order valence-corrected chi connectivity index (χ3v) is 2.79. The Balaban J connectivity index is 2.46. The number of hydrogen-bond donors (Lipinski definition) is 3. The van der Waals surface area contributed by atoms with Crippen LogP contribution in [0.3, 0.4) is 0 Å². The molecule has 0 radical (unpaired) electrons. The zero-order valence-electron chi connectivity index (χ0n) is 11.6. The molecule has 1 aromatic rings. The molecule has 3 N–H and O–H groups in total. The van der Waals surface area contributed by atoms with Crippen LogP contribution in [0, 0.1) is 5.92 Å². The number of aliphatic hydroxyl groups is 2. The van der Waals surface area contributed by atoms with Gasteiger partial charge in [-0.1, -0.05) is 38.1 Å². The van der Waals surface area contributed by atoms with Crippen LogP contribution in [0.1, 0.15) is 38.0 Å². The van der Waals surface area contributed by atoms with Gasteiger partial charge in [-0.3, -0.25) is 0 Å². The summed E-state index contributed by atoms with van der Waals surface area (Å²) in [7, 11) is 0. The maximum absolute atomic E-state index is 9.96. The van der Waals surface area contributed by atoms with Gasteiger partial charge in [-0.15, -0.1) is 0 Å². The largest absolute Gasteiger partial charge is 0.392 e. The summed E-state index contributed by atoms with van der Waals surface area (Å²) < 4.78 is 0. The molecule has 2 unspecified atom stereocenters. The summed E-state index contributed by atoms with van der Waals surface area (Å²) in [4.78, 5) is 0. The number of benzene rings is 1. The van der Waals surface area contributed by atoms with Crippen LogP contribution in [-0.4, -0.2) is 29.4 Å². The molecule has 1 rings (SSSR count). The third kappa shape index (κ3) is 5.63. The molecular formula is C15H25NO2. The summed E-state index contributed by atoms with van der Waals surface area (Å²) in [6.07, 6.45) is 0.166. The van der Waals surface area contributed by atoms with Crippen LogP contribution in [0.5, 0.6) is 0 Å². The van der Waals surface area contributed by atoms with E-state index in [9.17, 15) is 5.11 Å². The van der Waals surface area contributed by atoms with Crippen LogP contribution in [0.4, 0.5) is 0 Å². The first-order valence-electron chi connectivity index (χ1n) is 6.64. The predicted octanol–water partition coefficient (Wildman–Crippen LogP) is 1.89. The molecule has 3 heteroatoms. The first kappa shape index (κ1) is 15.2. The molecule has 0 aliphatic rings. The lowest BCUT2D eigenvalue weighted by molar-refractivity contribution is 0.155. The topological polar surface area (TPSA) is 52.5 Å². The van der Waals surface area contributed by atoms with Crippen LogP contribution in [0.25, 0.3) is 0 Å². The van der Waals surface area contributed by atoms with Gasteiger partial charge in [0.2, 0.25) is 0 Å². The van der Waals surface area contributed by atoms with E-state index in [1.807, 2.05) is 12.1 Å². The summed E-state index contributed by atoms with van der Waals surface area (Å²) in [5.41, 5.74) is 2.22. The van der Waals surface area contributed by atoms with E-state index in [0.717, 1.165) is 12.0 Å². The van der Waals surface area contributed by atoms with Gasteiger partial charge in [-0.25, -0.2) is 0 Å². The molecule has 0 heterocycles. The van der Waals surface area contributed by atoms with Gasteiger partial charge < -0.3 is 15.5 Å². The van der Waals surface area contributed by atoms with E-state index < -0.39 is 6.10 Å². The molecule has 0 aliphatic carbocycles. The van der Waals surface area contributed by atoms with Gasteiger partial charge in [0.25, 0.3) is 0 Å². The van der Waals surface area contributed by atoms with Gasteiger partial charge in [0, 0.05) is 13.1 Å². The molecule has 0 saturated carbocycles. The fraction of sp³-hybridized carbons (Fsp3) is 0.600. The van der Waals surface area contributed by atoms with Crippen molar-refractivity contribution in [1.29, 1.82) is 0 Å². The Hall–Kier alpha value is -0.900. The minimum Gasteiger partial charge on any atom is -0.392 e. The highest BCUT2D eigenvalue weighted by Crippen LogP contribution is 2.15. The minimum absolute atomic E-state index is 0.384. The molecule has 1 aromatic carbocycles. The molecule has 2 atom stereocenters. The van der Waals surface area contributed by atoms with Crippen molar-refractivity contribution in [3.8, 4) is 0 Å². The van der Waals surface area contributed by atoms with Crippen molar-refractivity contribution in [3.05, 3.63) is 35.4 Å². The van der Waals surface area contributed by atoms with Crippen molar-refractivity contribution in [2.75, 3.05) is 13.1 Å². The Labute approximate surface area is 110 Å². The van der Waals surface area contributed by atoms with Gasteiger partial charge in [0.05, 0.1) is 12.2 Å². The number of nitrogens with one attached hydrogen (secondary N) is 1. The van der Waals surface area contributed by atoms with Crippen LogP contribution in [-0.2, 0) is 6.42 Å². The highest BCUT2D eigenvalue weighted by Gasteiger charge is 2.07. The van der Waals surface area contributed by atoms with Crippen LogP contribution >= 0.6 is 0 Å². The lowest BCUT2D eigenvalue weighted by atomic mass is 10.0. The third-order valence-electron chi connectivity index (χ3n) is 2.79. The Kier molecular flexibility index (Phi) is 6.33. The average Bonchev–Trinajstić information content (AvgIpc) is 2.28.